The van der Waals surface area contributed by atoms with Gasteiger partial charge in [-0.25, -0.2) is 4.98 Å². The summed E-state index contributed by atoms with van der Waals surface area (Å²) < 4.78 is 10.9. The van der Waals surface area contributed by atoms with Crippen molar-refractivity contribution >= 4 is 17.2 Å². The van der Waals surface area contributed by atoms with Crippen molar-refractivity contribution in [2.24, 2.45) is 5.92 Å². The van der Waals surface area contributed by atoms with Crippen LogP contribution in [0, 0.1) is 5.92 Å². The number of carbonyl (C=O) groups is 1. The van der Waals surface area contributed by atoms with Gasteiger partial charge in [-0.3, -0.25) is 14.8 Å². The Balaban J connectivity index is 1.35. The van der Waals surface area contributed by atoms with Gasteiger partial charge in [-0.1, -0.05) is 6.07 Å². The van der Waals surface area contributed by atoms with Gasteiger partial charge in [0.2, 0.25) is 5.91 Å². The summed E-state index contributed by atoms with van der Waals surface area (Å²) in [5.74, 6) is 1.28. The molecule has 0 saturated heterocycles. The fourth-order valence-electron chi connectivity index (χ4n) is 2.89. The molecule has 3 aromatic rings. The quantitative estimate of drug-likeness (QED) is 0.730. The molecule has 3 heterocycles. The van der Waals surface area contributed by atoms with E-state index in [2.05, 4.69) is 20.3 Å². The number of benzene rings is 1. The highest BCUT2D eigenvalue weighted by molar-refractivity contribution is 7.13. The van der Waals surface area contributed by atoms with Crippen LogP contribution in [-0.4, -0.2) is 34.6 Å². The van der Waals surface area contributed by atoms with Gasteiger partial charge in [0.1, 0.15) is 28.8 Å². The maximum Gasteiger partial charge on any atom is 0.227 e. The number of thiazole rings is 1. The van der Waals surface area contributed by atoms with Crippen LogP contribution in [0.15, 0.2) is 42.2 Å². The maximum absolute atomic E-state index is 12.5. The zero-order chi connectivity index (χ0) is 18.6. The summed E-state index contributed by atoms with van der Waals surface area (Å²) in [5, 5.41) is 5.66. The standard InChI is InChI=1S/C19H18N4O3S/c1-25-15-3-2-12-6-13(10-26-17(12)7-15)18(24)22-8-14-11-27-19(23-14)16-9-20-4-5-21-16/h2-5,7,9,11,13H,6,8,10H2,1H3,(H,22,24)/t13-/m0/s1. The molecule has 0 spiro atoms. The average molecular weight is 382 g/mol. The second-order valence-corrected chi connectivity index (χ2v) is 7.00. The van der Waals surface area contributed by atoms with E-state index in [1.165, 1.54) is 11.3 Å². The summed E-state index contributed by atoms with van der Waals surface area (Å²) in [6.07, 6.45) is 5.58. The van der Waals surface area contributed by atoms with Gasteiger partial charge in [0.05, 0.1) is 31.5 Å². The maximum atomic E-state index is 12.5. The van der Waals surface area contributed by atoms with Crippen molar-refractivity contribution in [1.29, 1.82) is 0 Å². The molecule has 0 bridgehead atoms. The Kier molecular flexibility index (Phi) is 4.97. The summed E-state index contributed by atoms with van der Waals surface area (Å²) in [7, 11) is 1.62. The highest BCUT2D eigenvalue weighted by Crippen LogP contribution is 2.31. The first-order valence-corrected chi connectivity index (χ1v) is 9.39. The Morgan fingerprint density at radius 1 is 1.41 bits per heavy atom. The number of carbonyl (C=O) groups excluding carboxylic acids is 1. The molecule has 1 amide bonds. The second kappa shape index (κ2) is 7.71. The lowest BCUT2D eigenvalue weighted by molar-refractivity contribution is -0.126. The topological polar surface area (TPSA) is 86.2 Å². The van der Waals surface area contributed by atoms with E-state index < -0.39 is 0 Å². The van der Waals surface area contributed by atoms with Crippen LogP contribution in [0.25, 0.3) is 10.7 Å². The van der Waals surface area contributed by atoms with Crippen LogP contribution in [0.5, 0.6) is 11.5 Å². The van der Waals surface area contributed by atoms with Gasteiger partial charge < -0.3 is 14.8 Å². The van der Waals surface area contributed by atoms with E-state index in [0.29, 0.717) is 19.6 Å². The van der Waals surface area contributed by atoms with E-state index in [1.54, 1.807) is 25.7 Å². The molecule has 1 aliphatic heterocycles. The van der Waals surface area contributed by atoms with Crippen molar-refractivity contribution in [1.82, 2.24) is 20.3 Å². The van der Waals surface area contributed by atoms with E-state index in [9.17, 15) is 4.79 Å². The summed E-state index contributed by atoms with van der Waals surface area (Å²) in [6.45, 7) is 0.732. The summed E-state index contributed by atoms with van der Waals surface area (Å²) in [4.78, 5) is 25.3. The molecule has 1 atom stereocenters. The fourth-order valence-corrected chi connectivity index (χ4v) is 3.67. The molecule has 0 fully saturated rings. The Labute approximate surface area is 160 Å². The fraction of sp³-hybridized carbons (Fsp3) is 0.263. The lowest BCUT2D eigenvalue weighted by atomic mass is 9.96. The monoisotopic (exact) mass is 382 g/mol. The van der Waals surface area contributed by atoms with Crippen LogP contribution < -0.4 is 14.8 Å². The zero-order valence-corrected chi connectivity index (χ0v) is 15.5. The molecule has 2 aromatic heterocycles. The van der Waals surface area contributed by atoms with Crippen molar-refractivity contribution in [2.75, 3.05) is 13.7 Å². The lowest BCUT2D eigenvalue weighted by Crippen LogP contribution is -2.37. The normalized spacial score (nSPS) is 15.5. The van der Waals surface area contributed by atoms with E-state index in [0.717, 1.165) is 33.5 Å². The molecule has 0 radical (unpaired) electrons. The third-order valence-electron chi connectivity index (χ3n) is 4.33. The summed E-state index contributed by atoms with van der Waals surface area (Å²) >= 11 is 1.48. The number of amides is 1. The number of fused-ring (bicyclic) bond motifs is 1. The number of methoxy groups -OCH3 is 1. The SMILES string of the molecule is COc1ccc2c(c1)OC[C@@H](C(=O)NCc1csc(-c3cnccn3)n1)C2. The van der Waals surface area contributed by atoms with Crippen LogP contribution in [0.2, 0.25) is 0 Å². The molecule has 27 heavy (non-hydrogen) atoms. The predicted octanol–water partition coefficient (Wildman–Crippen LogP) is 2.48. The van der Waals surface area contributed by atoms with Crippen molar-refractivity contribution < 1.29 is 14.3 Å². The van der Waals surface area contributed by atoms with Crippen LogP contribution in [0.3, 0.4) is 0 Å². The van der Waals surface area contributed by atoms with Crippen LogP contribution in [0.4, 0.5) is 0 Å². The molecule has 8 heteroatoms. The minimum Gasteiger partial charge on any atom is -0.497 e. The minimum atomic E-state index is -0.219. The molecule has 0 saturated carbocycles. The molecule has 7 nitrogen and oxygen atoms in total. The van der Waals surface area contributed by atoms with E-state index in [-0.39, 0.29) is 11.8 Å². The molecule has 1 aromatic carbocycles. The van der Waals surface area contributed by atoms with Crippen molar-refractivity contribution in [3.05, 3.63) is 53.4 Å². The van der Waals surface area contributed by atoms with Gasteiger partial charge in [0.15, 0.2) is 0 Å². The van der Waals surface area contributed by atoms with Crippen molar-refractivity contribution in [3.63, 3.8) is 0 Å². The predicted molar refractivity (Wildman–Crippen MR) is 101 cm³/mol. The number of nitrogens with one attached hydrogen (secondary N) is 1. The van der Waals surface area contributed by atoms with Crippen molar-refractivity contribution in [2.45, 2.75) is 13.0 Å². The highest BCUT2D eigenvalue weighted by atomic mass is 32.1. The van der Waals surface area contributed by atoms with Crippen LogP contribution in [-0.2, 0) is 17.8 Å². The zero-order valence-electron chi connectivity index (χ0n) is 14.7. The molecular formula is C19H18N4O3S. The van der Waals surface area contributed by atoms with E-state index >= 15 is 0 Å². The molecule has 0 aliphatic carbocycles. The first-order chi connectivity index (χ1) is 13.2. The summed E-state index contributed by atoms with van der Waals surface area (Å²) in [5.41, 5.74) is 2.55. The number of ether oxygens (including phenoxy) is 2. The molecule has 1 aliphatic rings. The second-order valence-electron chi connectivity index (χ2n) is 6.14. The first kappa shape index (κ1) is 17.4. The largest absolute Gasteiger partial charge is 0.497 e. The number of aromatic nitrogens is 3. The Morgan fingerprint density at radius 2 is 2.33 bits per heavy atom. The molecule has 4 rings (SSSR count). The van der Waals surface area contributed by atoms with Gasteiger partial charge >= 0.3 is 0 Å². The number of hydrogen-bond donors (Lipinski definition) is 1. The third-order valence-corrected chi connectivity index (χ3v) is 5.24. The smallest absolute Gasteiger partial charge is 0.227 e. The van der Waals surface area contributed by atoms with Gasteiger partial charge in [0, 0.05) is 23.8 Å². The first-order valence-electron chi connectivity index (χ1n) is 8.51. The number of rotatable bonds is 5. The highest BCUT2D eigenvalue weighted by Gasteiger charge is 2.26. The Bertz CT molecular complexity index is 945. The van der Waals surface area contributed by atoms with E-state index in [4.69, 9.17) is 9.47 Å². The van der Waals surface area contributed by atoms with Crippen LogP contribution in [0.1, 0.15) is 11.3 Å². The van der Waals surface area contributed by atoms with Crippen molar-refractivity contribution in [3.8, 4) is 22.2 Å². The van der Waals surface area contributed by atoms with Gasteiger partial charge in [-0.2, -0.15) is 0 Å². The minimum absolute atomic E-state index is 0.0366. The molecule has 1 N–H and O–H groups in total. The van der Waals surface area contributed by atoms with E-state index in [1.807, 2.05) is 23.6 Å². The van der Waals surface area contributed by atoms with Gasteiger partial charge in [-0.05, 0) is 18.1 Å². The average Bonchev–Trinajstić information content (AvgIpc) is 3.21. The Morgan fingerprint density at radius 3 is 3.15 bits per heavy atom. The number of hydrogen-bond acceptors (Lipinski definition) is 7. The third kappa shape index (κ3) is 3.90. The van der Waals surface area contributed by atoms with Crippen LogP contribution >= 0.6 is 11.3 Å². The number of nitrogens with zero attached hydrogens (tertiary/aromatic N) is 3. The van der Waals surface area contributed by atoms with Gasteiger partial charge in [0.25, 0.3) is 0 Å². The molecule has 138 valence electrons. The van der Waals surface area contributed by atoms with Gasteiger partial charge in [-0.15, -0.1) is 11.3 Å². The molecule has 0 unspecified atom stereocenters. The summed E-state index contributed by atoms with van der Waals surface area (Å²) in [6, 6.07) is 5.68. The Hall–Kier alpha value is -3.00. The lowest BCUT2D eigenvalue weighted by Gasteiger charge is -2.24. The molecular weight excluding hydrogens is 364 g/mol.